The van der Waals surface area contributed by atoms with E-state index in [1.807, 2.05) is 0 Å². The zero-order valence-corrected chi connectivity index (χ0v) is 8.36. The van der Waals surface area contributed by atoms with Crippen LogP contribution in [-0.4, -0.2) is 28.6 Å². The lowest BCUT2D eigenvalue weighted by atomic mass is 10.2. The number of aliphatic carboxylic acids is 1. The SMILES string of the molecule is C=C/C=C(C(=O)NCC(=O)O)\C(O)=C/C. The van der Waals surface area contributed by atoms with E-state index in [-0.39, 0.29) is 11.3 Å². The predicted molar refractivity (Wildman–Crippen MR) is 55.3 cm³/mol. The Labute approximate surface area is 87.4 Å². The van der Waals surface area contributed by atoms with Crippen molar-refractivity contribution in [1.82, 2.24) is 5.32 Å². The number of hydrogen-bond donors (Lipinski definition) is 3. The van der Waals surface area contributed by atoms with Crippen molar-refractivity contribution in [2.75, 3.05) is 6.54 Å². The summed E-state index contributed by atoms with van der Waals surface area (Å²) in [5.41, 5.74) is -0.0197. The second-order valence-corrected chi connectivity index (χ2v) is 2.57. The zero-order valence-electron chi connectivity index (χ0n) is 8.36. The molecule has 0 aliphatic carbocycles. The number of hydrogen-bond acceptors (Lipinski definition) is 3. The normalized spacial score (nSPS) is 12.1. The molecule has 0 spiro atoms. The minimum Gasteiger partial charge on any atom is -0.507 e. The van der Waals surface area contributed by atoms with Gasteiger partial charge in [-0.2, -0.15) is 0 Å². The smallest absolute Gasteiger partial charge is 0.322 e. The van der Waals surface area contributed by atoms with Gasteiger partial charge < -0.3 is 15.5 Å². The number of carboxylic acids is 1. The highest BCUT2D eigenvalue weighted by atomic mass is 16.4. The van der Waals surface area contributed by atoms with Gasteiger partial charge in [0.25, 0.3) is 5.91 Å². The van der Waals surface area contributed by atoms with Crippen LogP contribution >= 0.6 is 0 Å². The Bertz CT molecular complexity index is 328. The second kappa shape index (κ2) is 6.42. The van der Waals surface area contributed by atoms with Crippen molar-refractivity contribution in [1.29, 1.82) is 0 Å². The highest BCUT2D eigenvalue weighted by molar-refractivity contribution is 5.98. The van der Waals surface area contributed by atoms with Gasteiger partial charge in [-0.15, -0.1) is 0 Å². The summed E-state index contributed by atoms with van der Waals surface area (Å²) in [6, 6.07) is 0. The van der Waals surface area contributed by atoms with Gasteiger partial charge in [0, 0.05) is 0 Å². The molecule has 5 nitrogen and oxygen atoms in total. The quantitative estimate of drug-likeness (QED) is 0.356. The summed E-state index contributed by atoms with van der Waals surface area (Å²) in [5.74, 6) is -2.04. The fourth-order valence-electron chi connectivity index (χ4n) is 0.802. The molecule has 0 saturated carbocycles. The maximum atomic E-state index is 11.3. The molecular formula is C10H13NO4. The molecule has 0 heterocycles. The molecule has 0 fully saturated rings. The van der Waals surface area contributed by atoms with Gasteiger partial charge in [-0.25, -0.2) is 0 Å². The van der Waals surface area contributed by atoms with E-state index in [0.29, 0.717) is 0 Å². The Morgan fingerprint density at radius 3 is 2.40 bits per heavy atom. The van der Waals surface area contributed by atoms with E-state index in [4.69, 9.17) is 5.11 Å². The fraction of sp³-hybridized carbons (Fsp3) is 0.200. The van der Waals surface area contributed by atoms with Crippen LogP contribution in [0.1, 0.15) is 6.92 Å². The van der Waals surface area contributed by atoms with Gasteiger partial charge in [0.15, 0.2) is 0 Å². The average Bonchev–Trinajstić information content (AvgIpc) is 2.21. The first-order valence-electron chi connectivity index (χ1n) is 4.21. The van der Waals surface area contributed by atoms with Crippen molar-refractivity contribution in [2.24, 2.45) is 0 Å². The maximum Gasteiger partial charge on any atom is 0.322 e. The van der Waals surface area contributed by atoms with Gasteiger partial charge in [0.2, 0.25) is 0 Å². The summed E-state index contributed by atoms with van der Waals surface area (Å²) in [5, 5.41) is 19.8. The van der Waals surface area contributed by atoms with Crippen LogP contribution in [0.4, 0.5) is 0 Å². The summed E-state index contributed by atoms with van der Waals surface area (Å²) in [7, 11) is 0. The molecule has 15 heavy (non-hydrogen) atoms. The molecule has 0 aromatic carbocycles. The van der Waals surface area contributed by atoms with E-state index in [2.05, 4.69) is 11.9 Å². The monoisotopic (exact) mass is 211 g/mol. The van der Waals surface area contributed by atoms with Gasteiger partial charge in [0.05, 0.1) is 5.57 Å². The third-order valence-corrected chi connectivity index (χ3v) is 1.48. The van der Waals surface area contributed by atoms with Crippen LogP contribution in [0.3, 0.4) is 0 Å². The van der Waals surface area contributed by atoms with Gasteiger partial charge >= 0.3 is 5.97 Å². The lowest BCUT2D eigenvalue weighted by Gasteiger charge is -2.05. The molecule has 5 heteroatoms. The predicted octanol–water partition coefficient (Wildman–Crippen LogP) is 0.761. The number of carbonyl (C=O) groups is 2. The molecule has 0 radical (unpaired) electrons. The van der Waals surface area contributed by atoms with Crippen LogP contribution in [0.5, 0.6) is 0 Å². The minimum atomic E-state index is -1.15. The molecule has 0 bridgehead atoms. The maximum absolute atomic E-state index is 11.3. The van der Waals surface area contributed by atoms with Crippen molar-refractivity contribution in [3.05, 3.63) is 36.1 Å². The zero-order chi connectivity index (χ0) is 11.8. The fourth-order valence-corrected chi connectivity index (χ4v) is 0.802. The highest BCUT2D eigenvalue weighted by Crippen LogP contribution is 2.06. The lowest BCUT2D eigenvalue weighted by molar-refractivity contribution is -0.137. The van der Waals surface area contributed by atoms with Gasteiger partial charge in [-0.1, -0.05) is 12.7 Å². The molecule has 0 unspecified atom stereocenters. The summed E-state index contributed by atoms with van der Waals surface area (Å²) in [6.07, 6.45) is 3.96. The second-order valence-electron chi connectivity index (χ2n) is 2.57. The standard InChI is InChI=1S/C10H13NO4/c1-3-5-7(8(12)4-2)10(15)11-6-9(13)14/h3-5,12H,1,6H2,2H3,(H,11,15)(H,13,14)/b7-5+,8-4+. The van der Waals surface area contributed by atoms with E-state index < -0.39 is 18.4 Å². The van der Waals surface area contributed by atoms with E-state index in [0.717, 1.165) is 0 Å². The first-order chi connectivity index (χ1) is 7.02. The van der Waals surface area contributed by atoms with Crippen molar-refractivity contribution in [3.63, 3.8) is 0 Å². The third kappa shape index (κ3) is 4.66. The number of amides is 1. The van der Waals surface area contributed by atoms with E-state index in [1.54, 1.807) is 6.92 Å². The molecule has 0 aromatic rings. The minimum absolute atomic E-state index is 0.0197. The van der Waals surface area contributed by atoms with Gasteiger partial charge in [-0.3, -0.25) is 9.59 Å². The van der Waals surface area contributed by atoms with E-state index in [1.165, 1.54) is 18.2 Å². The van der Waals surface area contributed by atoms with Crippen LogP contribution in [0, 0.1) is 0 Å². The van der Waals surface area contributed by atoms with Crippen molar-refractivity contribution in [2.45, 2.75) is 6.92 Å². The van der Waals surface area contributed by atoms with Crippen molar-refractivity contribution >= 4 is 11.9 Å². The molecule has 3 N–H and O–H groups in total. The average molecular weight is 211 g/mol. The molecule has 1 amide bonds. The third-order valence-electron chi connectivity index (χ3n) is 1.48. The number of allylic oxidation sites excluding steroid dienone is 3. The lowest BCUT2D eigenvalue weighted by Crippen LogP contribution is -2.30. The Morgan fingerprint density at radius 2 is 2.00 bits per heavy atom. The van der Waals surface area contributed by atoms with E-state index in [9.17, 15) is 14.7 Å². The number of rotatable bonds is 5. The largest absolute Gasteiger partial charge is 0.507 e. The molecule has 0 atom stereocenters. The Balaban J connectivity index is 4.66. The first-order valence-corrected chi connectivity index (χ1v) is 4.21. The van der Waals surface area contributed by atoms with Crippen LogP contribution in [-0.2, 0) is 9.59 Å². The van der Waals surface area contributed by atoms with Gasteiger partial charge in [0.1, 0.15) is 12.3 Å². The molecule has 0 rings (SSSR count). The topological polar surface area (TPSA) is 86.6 Å². The number of aliphatic hydroxyl groups excluding tert-OH is 1. The Kier molecular flexibility index (Phi) is 5.55. The number of nitrogens with one attached hydrogen (secondary N) is 1. The summed E-state index contributed by atoms with van der Waals surface area (Å²) in [6.45, 7) is 4.44. The molecule has 0 aliphatic heterocycles. The molecule has 0 aliphatic rings. The number of carboxylic acid groups (broad SMARTS) is 1. The Morgan fingerprint density at radius 1 is 1.40 bits per heavy atom. The van der Waals surface area contributed by atoms with Crippen LogP contribution in [0.25, 0.3) is 0 Å². The molecule has 0 aromatic heterocycles. The van der Waals surface area contributed by atoms with Gasteiger partial charge in [-0.05, 0) is 19.1 Å². The summed E-state index contributed by atoms with van der Waals surface area (Å²) in [4.78, 5) is 21.5. The van der Waals surface area contributed by atoms with Crippen LogP contribution < -0.4 is 5.32 Å². The number of carbonyl (C=O) groups excluding carboxylic acids is 1. The summed E-state index contributed by atoms with van der Waals surface area (Å²) >= 11 is 0. The highest BCUT2D eigenvalue weighted by Gasteiger charge is 2.12. The molecular weight excluding hydrogens is 198 g/mol. The van der Waals surface area contributed by atoms with Crippen LogP contribution in [0.2, 0.25) is 0 Å². The van der Waals surface area contributed by atoms with E-state index >= 15 is 0 Å². The van der Waals surface area contributed by atoms with Crippen molar-refractivity contribution < 1.29 is 19.8 Å². The van der Waals surface area contributed by atoms with Crippen LogP contribution in [0.15, 0.2) is 36.1 Å². The molecule has 0 saturated heterocycles. The Hall–Kier alpha value is -2.04. The molecule has 82 valence electrons. The first kappa shape index (κ1) is 13.0. The number of aliphatic hydroxyl groups is 1. The summed E-state index contributed by atoms with van der Waals surface area (Å²) < 4.78 is 0. The van der Waals surface area contributed by atoms with Crippen molar-refractivity contribution in [3.8, 4) is 0 Å².